The third-order valence-electron chi connectivity index (χ3n) is 5.09. The van der Waals surface area contributed by atoms with Crippen LogP contribution in [0.15, 0.2) is 42.5 Å². The van der Waals surface area contributed by atoms with Gasteiger partial charge >= 0.3 is 0 Å². The highest BCUT2D eigenvalue weighted by Gasteiger charge is 2.22. The zero-order valence-corrected chi connectivity index (χ0v) is 18.4. The summed E-state index contributed by atoms with van der Waals surface area (Å²) in [5.74, 6) is 0.657. The fraction of sp³-hybridized carbons (Fsp3) is 0.364. The largest absolute Gasteiger partial charge is 0.497 e. The molecule has 30 heavy (non-hydrogen) atoms. The van der Waals surface area contributed by atoms with E-state index in [0.29, 0.717) is 22.3 Å². The molecule has 0 bridgehead atoms. The molecule has 1 aliphatic rings. The maximum Gasteiger partial charge on any atom is 0.260 e. The van der Waals surface area contributed by atoms with Crippen molar-refractivity contribution in [2.75, 3.05) is 51.4 Å². The number of fused-ring (bicyclic) bond motifs is 1. The molecule has 158 valence electrons. The Bertz CT molecular complexity index is 1020. The fourth-order valence-corrected chi connectivity index (χ4v) is 4.64. The minimum absolute atomic E-state index is 0.0921. The van der Waals surface area contributed by atoms with Crippen molar-refractivity contribution in [3.63, 3.8) is 0 Å². The Morgan fingerprint density at radius 2 is 2.10 bits per heavy atom. The molecule has 6 nitrogen and oxygen atoms in total. The second-order valence-corrected chi connectivity index (χ2v) is 8.55. The number of ether oxygens (including phenoxy) is 2. The molecule has 1 aromatic heterocycles. The number of benzene rings is 2. The normalized spacial score (nSPS) is 14.7. The van der Waals surface area contributed by atoms with Gasteiger partial charge in [-0.3, -0.25) is 14.6 Å². The Morgan fingerprint density at radius 3 is 2.87 bits per heavy atom. The highest BCUT2D eigenvalue weighted by Crippen LogP contribution is 2.32. The van der Waals surface area contributed by atoms with E-state index >= 15 is 0 Å². The molecule has 0 N–H and O–H groups in total. The first kappa shape index (κ1) is 21.1. The van der Waals surface area contributed by atoms with E-state index in [-0.39, 0.29) is 5.91 Å². The maximum atomic E-state index is 13.4. The quantitative estimate of drug-likeness (QED) is 0.542. The third-order valence-corrected chi connectivity index (χ3v) is 6.39. The number of amides is 1. The van der Waals surface area contributed by atoms with E-state index in [2.05, 4.69) is 4.90 Å². The molecule has 2 heterocycles. The molecule has 2 aromatic carbocycles. The summed E-state index contributed by atoms with van der Waals surface area (Å²) in [4.78, 5) is 22.2. The van der Waals surface area contributed by atoms with E-state index in [1.54, 1.807) is 36.3 Å². The summed E-state index contributed by atoms with van der Waals surface area (Å²) in [6, 6.07) is 12.8. The van der Waals surface area contributed by atoms with Gasteiger partial charge in [-0.2, -0.15) is 0 Å². The van der Waals surface area contributed by atoms with Crippen molar-refractivity contribution in [2.24, 2.45) is 0 Å². The van der Waals surface area contributed by atoms with Crippen LogP contribution < -0.4 is 9.64 Å². The van der Waals surface area contributed by atoms with Crippen LogP contribution in [-0.2, 0) is 4.74 Å². The summed E-state index contributed by atoms with van der Waals surface area (Å²) in [5.41, 5.74) is 1.39. The van der Waals surface area contributed by atoms with Crippen LogP contribution in [0.3, 0.4) is 0 Å². The number of aromatic nitrogens is 1. The van der Waals surface area contributed by atoms with Crippen LogP contribution in [0.4, 0.5) is 5.13 Å². The van der Waals surface area contributed by atoms with Gasteiger partial charge in [0, 0.05) is 42.8 Å². The van der Waals surface area contributed by atoms with Gasteiger partial charge in [0.2, 0.25) is 0 Å². The first-order valence-electron chi connectivity index (χ1n) is 9.96. The molecule has 0 saturated carbocycles. The molecule has 0 radical (unpaired) electrons. The molecule has 0 atom stereocenters. The highest BCUT2D eigenvalue weighted by atomic mass is 35.5. The lowest BCUT2D eigenvalue weighted by Gasteiger charge is -2.27. The predicted octanol–water partition coefficient (Wildman–Crippen LogP) is 4.33. The number of carbonyl (C=O) groups is 1. The molecule has 1 aliphatic heterocycles. The van der Waals surface area contributed by atoms with Crippen molar-refractivity contribution in [2.45, 2.75) is 6.42 Å². The zero-order chi connectivity index (χ0) is 20.9. The molecule has 1 amide bonds. The second kappa shape index (κ2) is 9.75. The Labute approximate surface area is 185 Å². The van der Waals surface area contributed by atoms with E-state index in [0.717, 1.165) is 55.2 Å². The smallest absolute Gasteiger partial charge is 0.260 e. The summed E-state index contributed by atoms with van der Waals surface area (Å²) >= 11 is 7.64. The van der Waals surface area contributed by atoms with E-state index in [1.165, 1.54) is 11.3 Å². The van der Waals surface area contributed by atoms with E-state index in [4.69, 9.17) is 26.1 Å². The molecular weight excluding hydrogens is 422 g/mol. The SMILES string of the molecule is COc1ccc2sc(N(CCCN3CCOCC3)C(=O)c3cccc(Cl)c3)nc2c1. The molecular formula is C22H24ClN3O3S. The van der Waals surface area contributed by atoms with Crippen LogP contribution in [0.2, 0.25) is 5.02 Å². The van der Waals surface area contributed by atoms with Gasteiger partial charge in [-0.05, 0) is 36.8 Å². The third kappa shape index (κ3) is 4.92. The lowest BCUT2D eigenvalue weighted by atomic mass is 10.2. The van der Waals surface area contributed by atoms with Crippen LogP contribution >= 0.6 is 22.9 Å². The van der Waals surface area contributed by atoms with Gasteiger partial charge in [0.1, 0.15) is 5.75 Å². The van der Waals surface area contributed by atoms with E-state index in [1.807, 2.05) is 18.2 Å². The number of hydrogen-bond donors (Lipinski definition) is 0. The molecule has 0 spiro atoms. The van der Waals surface area contributed by atoms with Gasteiger partial charge in [0.05, 0.1) is 30.5 Å². The number of hydrogen-bond acceptors (Lipinski definition) is 6. The number of thiazole rings is 1. The topological polar surface area (TPSA) is 54.9 Å². The number of anilines is 1. The second-order valence-electron chi connectivity index (χ2n) is 7.10. The van der Waals surface area contributed by atoms with Gasteiger partial charge in [0.15, 0.2) is 5.13 Å². The Hall–Kier alpha value is -2.19. The van der Waals surface area contributed by atoms with Crippen molar-refractivity contribution < 1.29 is 14.3 Å². The van der Waals surface area contributed by atoms with Crippen molar-refractivity contribution in [3.05, 3.63) is 53.1 Å². The Morgan fingerprint density at radius 1 is 1.27 bits per heavy atom. The summed E-state index contributed by atoms with van der Waals surface area (Å²) in [5, 5.41) is 1.23. The lowest BCUT2D eigenvalue weighted by molar-refractivity contribution is 0.0376. The average Bonchev–Trinajstić information content (AvgIpc) is 3.20. The Kier molecular flexibility index (Phi) is 6.84. The lowest BCUT2D eigenvalue weighted by Crippen LogP contribution is -2.39. The average molecular weight is 446 g/mol. The number of morpholine rings is 1. The van der Waals surface area contributed by atoms with Crippen molar-refractivity contribution in [3.8, 4) is 5.75 Å². The first-order chi connectivity index (χ1) is 14.6. The molecule has 4 rings (SSSR count). The zero-order valence-electron chi connectivity index (χ0n) is 16.8. The van der Waals surface area contributed by atoms with Gasteiger partial charge in [-0.25, -0.2) is 4.98 Å². The van der Waals surface area contributed by atoms with Crippen LogP contribution in [0.5, 0.6) is 5.75 Å². The van der Waals surface area contributed by atoms with Crippen LogP contribution in [-0.4, -0.2) is 62.3 Å². The number of halogens is 1. The maximum absolute atomic E-state index is 13.4. The van der Waals surface area contributed by atoms with Crippen LogP contribution in [0, 0.1) is 0 Å². The predicted molar refractivity (Wildman–Crippen MR) is 121 cm³/mol. The molecule has 0 aliphatic carbocycles. The van der Waals surface area contributed by atoms with Gasteiger partial charge < -0.3 is 9.47 Å². The number of nitrogens with zero attached hydrogens (tertiary/aromatic N) is 3. The first-order valence-corrected chi connectivity index (χ1v) is 11.2. The van der Waals surface area contributed by atoms with Crippen molar-refractivity contribution >= 4 is 44.2 Å². The highest BCUT2D eigenvalue weighted by molar-refractivity contribution is 7.22. The molecule has 1 saturated heterocycles. The number of carbonyl (C=O) groups excluding carboxylic acids is 1. The molecule has 3 aromatic rings. The molecule has 8 heteroatoms. The van der Waals surface area contributed by atoms with Crippen molar-refractivity contribution in [1.82, 2.24) is 9.88 Å². The van der Waals surface area contributed by atoms with Crippen molar-refractivity contribution in [1.29, 1.82) is 0 Å². The molecule has 0 unspecified atom stereocenters. The van der Waals surface area contributed by atoms with Gasteiger partial charge in [-0.15, -0.1) is 0 Å². The summed E-state index contributed by atoms with van der Waals surface area (Å²) in [6.45, 7) is 4.91. The van der Waals surface area contributed by atoms with Gasteiger partial charge in [0.25, 0.3) is 5.91 Å². The molecule has 1 fully saturated rings. The standard InChI is InChI=1S/C22H24ClN3O3S/c1-28-18-6-7-20-19(15-18)24-22(30-20)26(9-3-8-25-10-12-29-13-11-25)21(27)16-4-2-5-17(23)14-16/h2,4-7,14-15H,3,8-13H2,1H3. The minimum atomic E-state index is -0.0921. The van der Waals surface area contributed by atoms with Crippen LogP contribution in [0.1, 0.15) is 16.8 Å². The fourth-order valence-electron chi connectivity index (χ4n) is 3.48. The summed E-state index contributed by atoms with van der Waals surface area (Å²) < 4.78 is 11.7. The summed E-state index contributed by atoms with van der Waals surface area (Å²) in [7, 11) is 1.63. The summed E-state index contributed by atoms with van der Waals surface area (Å²) in [6.07, 6.45) is 0.853. The van der Waals surface area contributed by atoms with Crippen LogP contribution in [0.25, 0.3) is 10.2 Å². The Balaban J connectivity index is 1.58. The van der Waals surface area contributed by atoms with Gasteiger partial charge in [-0.1, -0.05) is 29.0 Å². The minimum Gasteiger partial charge on any atom is -0.497 e. The van der Waals surface area contributed by atoms with E-state index in [9.17, 15) is 4.79 Å². The number of rotatable bonds is 7. The van der Waals surface area contributed by atoms with E-state index < -0.39 is 0 Å². The number of methoxy groups -OCH3 is 1. The monoisotopic (exact) mass is 445 g/mol.